The van der Waals surface area contributed by atoms with E-state index in [4.69, 9.17) is 5.73 Å². The Morgan fingerprint density at radius 3 is 3.11 bits per heavy atom. The first-order valence-corrected chi connectivity index (χ1v) is 7.16. The highest BCUT2D eigenvalue weighted by Gasteiger charge is 2.27. The molecule has 0 radical (unpaired) electrons. The number of thiophene rings is 1. The topological polar surface area (TPSA) is 57.9 Å². The van der Waals surface area contributed by atoms with Crippen molar-refractivity contribution in [2.24, 2.45) is 11.7 Å². The Bertz CT molecular complexity index is 495. The Morgan fingerprint density at radius 1 is 1.56 bits per heavy atom. The van der Waals surface area contributed by atoms with Gasteiger partial charge in [0.05, 0.1) is 16.8 Å². The molecule has 96 valence electrons. The van der Waals surface area contributed by atoms with E-state index in [1.807, 2.05) is 6.20 Å². The van der Waals surface area contributed by atoms with Crippen LogP contribution in [0.25, 0.3) is 10.6 Å². The van der Waals surface area contributed by atoms with E-state index in [2.05, 4.69) is 39.5 Å². The van der Waals surface area contributed by atoms with Gasteiger partial charge in [0, 0.05) is 31.2 Å². The lowest BCUT2D eigenvalue weighted by Crippen LogP contribution is -2.28. The third kappa shape index (κ3) is 2.21. The average Bonchev–Trinajstić information content (AvgIpc) is 3.01. The zero-order valence-corrected chi connectivity index (χ0v) is 11.3. The standard InChI is InChI=1S/C13H18N4S/c1-9-6-17(8-11(9)14)7-10-5-15-16-13(10)12-3-2-4-18-12/h2-5,9,11H,6-8,14H2,1H3,(H,15,16). The lowest BCUT2D eigenvalue weighted by atomic mass is 10.1. The van der Waals surface area contributed by atoms with Crippen molar-refractivity contribution < 1.29 is 0 Å². The number of rotatable bonds is 3. The van der Waals surface area contributed by atoms with Gasteiger partial charge in [0.25, 0.3) is 0 Å². The van der Waals surface area contributed by atoms with Gasteiger partial charge in [-0.25, -0.2) is 0 Å². The van der Waals surface area contributed by atoms with Gasteiger partial charge >= 0.3 is 0 Å². The summed E-state index contributed by atoms with van der Waals surface area (Å²) in [6, 6.07) is 4.50. The first-order chi connectivity index (χ1) is 8.74. The molecule has 2 atom stereocenters. The van der Waals surface area contributed by atoms with Crippen LogP contribution < -0.4 is 5.73 Å². The van der Waals surface area contributed by atoms with Crippen molar-refractivity contribution in [3.8, 4) is 10.6 Å². The normalized spacial score (nSPS) is 24.8. The van der Waals surface area contributed by atoms with Crippen molar-refractivity contribution in [3.63, 3.8) is 0 Å². The van der Waals surface area contributed by atoms with Crippen LogP contribution in [0.4, 0.5) is 0 Å². The van der Waals surface area contributed by atoms with Crippen molar-refractivity contribution in [1.29, 1.82) is 0 Å². The van der Waals surface area contributed by atoms with E-state index in [1.165, 1.54) is 10.4 Å². The highest BCUT2D eigenvalue weighted by atomic mass is 32.1. The summed E-state index contributed by atoms with van der Waals surface area (Å²) in [6.45, 7) is 5.22. The van der Waals surface area contributed by atoms with E-state index in [1.54, 1.807) is 11.3 Å². The summed E-state index contributed by atoms with van der Waals surface area (Å²) >= 11 is 1.74. The molecule has 3 rings (SSSR count). The van der Waals surface area contributed by atoms with Gasteiger partial charge in [0.2, 0.25) is 0 Å². The maximum atomic E-state index is 6.07. The van der Waals surface area contributed by atoms with Crippen LogP contribution in [0.2, 0.25) is 0 Å². The molecule has 2 unspecified atom stereocenters. The summed E-state index contributed by atoms with van der Waals surface area (Å²) < 4.78 is 0. The molecule has 3 heterocycles. The third-order valence-corrected chi connectivity index (χ3v) is 4.51. The van der Waals surface area contributed by atoms with E-state index in [0.29, 0.717) is 12.0 Å². The second-order valence-electron chi connectivity index (χ2n) is 5.08. The van der Waals surface area contributed by atoms with Crippen molar-refractivity contribution in [2.45, 2.75) is 19.5 Å². The number of nitrogens with one attached hydrogen (secondary N) is 1. The molecule has 1 aliphatic rings. The molecule has 1 fully saturated rings. The summed E-state index contributed by atoms with van der Waals surface area (Å²) in [4.78, 5) is 3.66. The third-order valence-electron chi connectivity index (χ3n) is 3.63. The molecular formula is C13H18N4S. The number of aromatic amines is 1. The molecule has 0 bridgehead atoms. The Hall–Kier alpha value is -1.17. The van der Waals surface area contributed by atoms with Gasteiger partial charge in [-0.1, -0.05) is 13.0 Å². The molecule has 0 spiro atoms. The lowest BCUT2D eigenvalue weighted by molar-refractivity contribution is 0.319. The van der Waals surface area contributed by atoms with Gasteiger partial charge in [-0.05, 0) is 17.4 Å². The minimum absolute atomic E-state index is 0.307. The van der Waals surface area contributed by atoms with Crippen molar-refractivity contribution in [2.75, 3.05) is 13.1 Å². The van der Waals surface area contributed by atoms with Crippen LogP contribution in [-0.2, 0) is 6.54 Å². The molecule has 4 nitrogen and oxygen atoms in total. The number of H-pyrrole nitrogens is 1. The minimum Gasteiger partial charge on any atom is -0.326 e. The highest BCUT2D eigenvalue weighted by Crippen LogP contribution is 2.27. The first kappa shape index (κ1) is 11.9. The van der Waals surface area contributed by atoms with Crippen LogP contribution in [0.3, 0.4) is 0 Å². The molecule has 1 aliphatic heterocycles. The fourth-order valence-corrected chi connectivity index (χ4v) is 3.29. The van der Waals surface area contributed by atoms with Crippen LogP contribution in [0, 0.1) is 5.92 Å². The Balaban J connectivity index is 1.76. The molecule has 0 aliphatic carbocycles. The van der Waals surface area contributed by atoms with Crippen LogP contribution in [0.1, 0.15) is 12.5 Å². The zero-order valence-electron chi connectivity index (χ0n) is 10.5. The number of aromatic nitrogens is 2. The fraction of sp³-hybridized carbons (Fsp3) is 0.462. The van der Waals surface area contributed by atoms with Crippen LogP contribution in [0.15, 0.2) is 23.7 Å². The molecule has 2 aromatic rings. The van der Waals surface area contributed by atoms with E-state index in [0.717, 1.165) is 25.3 Å². The average molecular weight is 262 g/mol. The second kappa shape index (κ2) is 4.84. The Morgan fingerprint density at radius 2 is 2.44 bits per heavy atom. The molecule has 5 heteroatoms. The summed E-state index contributed by atoms with van der Waals surface area (Å²) in [5.41, 5.74) is 8.48. The molecule has 1 saturated heterocycles. The molecule has 18 heavy (non-hydrogen) atoms. The summed E-state index contributed by atoms with van der Waals surface area (Å²) in [7, 11) is 0. The molecule has 0 aromatic carbocycles. The van der Waals surface area contributed by atoms with Gasteiger partial charge in [-0.2, -0.15) is 5.10 Å². The second-order valence-corrected chi connectivity index (χ2v) is 6.03. The van der Waals surface area contributed by atoms with E-state index >= 15 is 0 Å². The number of likely N-dealkylation sites (tertiary alicyclic amines) is 1. The van der Waals surface area contributed by atoms with Crippen LogP contribution in [0.5, 0.6) is 0 Å². The lowest BCUT2D eigenvalue weighted by Gasteiger charge is -2.14. The maximum absolute atomic E-state index is 6.07. The van der Waals surface area contributed by atoms with E-state index in [-0.39, 0.29) is 0 Å². The molecule has 2 aromatic heterocycles. The smallest absolute Gasteiger partial charge is 0.0794 e. The summed E-state index contributed by atoms with van der Waals surface area (Å²) in [5, 5.41) is 9.38. The zero-order chi connectivity index (χ0) is 12.5. The largest absolute Gasteiger partial charge is 0.326 e. The molecular weight excluding hydrogens is 244 g/mol. The van der Waals surface area contributed by atoms with Gasteiger partial charge in [0.1, 0.15) is 0 Å². The number of nitrogens with two attached hydrogens (primary N) is 1. The molecule has 0 amide bonds. The molecule has 3 N–H and O–H groups in total. The Labute approximate surface area is 111 Å². The van der Waals surface area contributed by atoms with Crippen molar-refractivity contribution in [1.82, 2.24) is 15.1 Å². The van der Waals surface area contributed by atoms with Gasteiger partial charge in [-0.3, -0.25) is 10.00 Å². The predicted molar refractivity (Wildman–Crippen MR) is 74.3 cm³/mol. The summed E-state index contributed by atoms with van der Waals surface area (Å²) in [6.07, 6.45) is 1.93. The first-order valence-electron chi connectivity index (χ1n) is 6.28. The summed E-state index contributed by atoms with van der Waals surface area (Å²) in [5.74, 6) is 0.585. The SMILES string of the molecule is CC1CN(Cc2cn[nH]c2-c2cccs2)CC1N. The van der Waals surface area contributed by atoms with E-state index < -0.39 is 0 Å². The van der Waals surface area contributed by atoms with E-state index in [9.17, 15) is 0 Å². The van der Waals surface area contributed by atoms with Crippen LogP contribution in [-0.4, -0.2) is 34.2 Å². The van der Waals surface area contributed by atoms with Gasteiger partial charge < -0.3 is 5.73 Å². The van der Waals surface area contributed by atoms with Gasteiger partial charge in [0.15, 0.2) is 0 Å². The number of nitrogens with zero attached hydrogens (tertiary/aromatic N) is 2. The van der Waals surface area contributed by atoms with Crippen molar-refractivity contribution >= 4 is 11.3 Å². The fourth-order valence-electron chi connectivity index (χ4n) is 2.53. The maximum Gasteiger partial charge on any atom is 0.0794 e. The minimum atomic E-state index is 0.307. The monoisotopic (exact) mass is 262 g/mol. The highest BCUT2D eigenvalue weighted by molar-refractivity contribution is 7.13. The predicted octanol–water partition coefficient (Wildman–Crippen LogP) is 1.92. The molecule has 0 saturated carbocycles. The van der Waals surface area contributed by atoms with Crippen molar-refractivity contribution in [3.05, 3.63) is 29.3 Å². The Kier molecular flexibility index (Phi) is 3.20. The van der Waals surface area contributed by atoms with Crippen LogP contribution >= 0.6 is 11.3 Å². The van der Waals surface area contributed by atoms with Gasteiger partial charge in [-0.15, -0.1) is 11.3 Å². The quantitative estimate of drug-likeness (QED) is 0.888. The number of hydrogen-bond donors (Lipinski definition) is 2. The number of hydrogen-bond acceptors (Lipinski definition) is 4.